The number of carbonyl (C=O) groups excluding carboxylic acids is 2. The predicted molar refractivity (Wildman–Crippen MR) is 132 cm³/mol. The molecule has 198 valence electrons. The van der Waals surface area contributed by atoms with Crippen LogP contribution in [0.5, 0.6) is 0 Å². The van der Waals surface area contributed by atoms with Crippen molar-refractivity contribution in [2.24, 2.45) is 50.7 Å². The van der Waals surface area contributed by atoms with Gasteiger partial charge in [0.25, 0.3) is 0 Å². The Morgan fingerprint density at radius 3 is 2.39 bits per heavy atom. The van der Waals surface area contributed by atoms with E-state index in [4.69, 9.17) is 9.47 Å². The number of ether oxygens (including phenoxy) is 2. The van der Waals surface area contributed by atoms with Gasteiger partial charge in [-0.05, 0) is 74.2 Å². The number of ketones is 2. The van der Waals surface area contributed by atoms with Crippen LogP contribution in [-0.2, 0) is 19.1 Å². The van der Waals surface area contributed by atoms with Gasteiger partial charge in [-0.1, -0.05) is 40.7 Å². The highest BCUT2D eigenvalue weighted by Gasteiger charge is 2.89. The summed E-state index contributed by atoms with van der Waals surface area (Å²) in [6, 6.07) is 0. The van der Waals surface area contributed by atoms with Crippen LogP contribution in [0.3, 0.4) is 0 Å². The topological polar surface area (TPSA) is 93.1 Å². The highest BCUT2D eigenvalue weighted by Crippen LogP contribution is 2.88. The maximum atomic E-state index is 14.5. The number of aliphatic hydroxyl groups is 2. The molecule has 0 amide bonds. The molecule has 6 fully saturated rings. The van der Waals surface area contributed by atoms with Gasteiger partial charge in [-0.2, -0.15) is 0 Å². The van der Waals surface area contributed by atoms with Crippen molar-refractivity contribution in [2.75, 3.05) is 0 Å². The minimum Gasteiger partial charge on any atom is -0.388 e. The Labute approximate surface area is 214 Å². The molecular weight excluding hydrogens is 456 g/mol. The van der Waals surface area contributed by atoms with Crippen molar-refractivity contribution in [1.82, 2.24) is 0 Å². The zero-order chi connectivity index (χ0) is 26.1. The van der Waals surface area contributed by atoms with E-state index in [-0.39, 0.29) is 52.2 Å². The zero-order valence-electron chi connectivity index (χ0n) is 22.8. The monoisotopic (exact) mass is 498 g/mol. The molecule has 7 aliphatic rings. The van der Waals surface area contributed by atoms with E-state index in [2.05, 4.69) is 40.7 Å². The van der Waals surface area contributed by atoms with Gasteiger partial charge in [0.1, 0.15) is 18.0 Å². The lowest BCUT2D eigenvalue weighted by Crippen LogP contribution is -2.62. The Morgan fingerprint density at radius 2 is 1.72 bits per heavy atom. The number of hydrogen-bond donors (Lipinski definition) is 2. The molecule has 2 N–H and O–H groups in total. The Hall–Kier alpha value is -1.08. The van der Waals surface area contributed by atoms with Crippen LogP contribution >= 0.6 is 0 Å². The van der Waals surface area contributed by atoms with E-state index in [1.54, 1.807) is 19.9 Å². The lowest BCUT2D eigenvalue weighted by molar-refractivity contribution is -0.282. The first-order valence-electron chi connectivity index (χ1n) is 14.1. The number of Topliss-reactive ketones (excluding diaryl/α,β-unsaturated/α-hetero) is 1. The van der Waals surface area contributed by atoms with Crippen molar-refractivity contribution >= 4 is 11.6 Å². The summed E-state index contributed by atoms with van der Waals surface area (Å²) in [4.78, 5) is 27.4. The molecule has 0 aromatic heterocycles. The van der Waals surface area contributed by atoms with Gasteiger partial charge < -0.3 is 19.7 Å². The molecule has 7 rings (SSSR count). The molecule has 5 aliphatic carbocycles. The van der Waals surface area contributed by atoms with Gasteiger partial charge in [-0.3, -0.25) is 9.59 Å². The molecule has 1 unspecified atom stereocenters. The van der Waals surface area contributed by atoms with Crippen LogP contribution in [0.4, 0.5) is 0 Å². The smallest absolute Gasteiger partial charge is 0.200 e. The van der Waals surface area contributed by atoms with Crippen molar-refractivity contribution in [3.05, 3.63) is 12.2 Å². The van der Waals surface area contributed by atoms with Gasteiger partial charge in [-0.15, -0.1) is 0 Å². The molecule has 36 heavy (non-hydrogen) atoms. The summed E-state index contributed by atoms with van der Waals surface area (Å²) < 4.78 is 13.3. The van der Waals surface area contributed by atoms with Crippen LogP contribution in [0.1, 0.15) is 80.6 Å². The second-order valence-corrected chi connectivity index (χ2v) is 15.2. The standard InChI is InChI=1S/C30H42O6/c1-15-12-16-22(25(4,5)34)36-30(35-16)21(15)27(7)20(32)13-29-14-28(29)11-10-19(31)24(2,3)17(28)8-9-18(29)26(27,6)23(30)33/h10-11,15-18,21-23,33-34H,8-9,12-14H2,1-7H3/t15-,16?,17+,18+,21-,22+,23-,26-,27-,28-,29+,30+/m1/s1. The lowest BCUT2D eigenvalue weighted by Gasteiger charge is -2.60. The summed E-state index contributed by atoms with van der Waals surface area (Å²) in [5, 5.41) is 23.3. The van der Waals surface area contributed by atoms with Crippen LogP contribution in [0.25, 0.3) is 0 Å². The normalized spacial score (nSPS) is 60.1. The Morgan fingerprint density at radius 1 is 1.06 bits per heavy atom. The molecule has 2 bridgehead atoms. The number of aliphatic hydroxyl groups excluding tert-OH is 1. The number of hydrogen-bond acceptors (Lipinski definition) is 6. The predicted octanol–water partition coefficient (Wildman–Crippen LogP) is 3.82. The van der Waals surface area contributed by atoms with Crippen LogP contribution < -0.4 is 0 Å². The van der Waals surface area contributed by atoms with Crippen molar-refractivity contribution < 1.29 is 29.3 Å². The molecule has 0 radical (unpaired) electrons. The first-order valence-corrected chi connectivity index (χ1v) is 14.1. The molecule has 4 saturated carbocycles. The molecule has 0 aromatic carbocycles. The molecule has 12 atom stereocenters. The van der Waals surface area contributed by atoms with Gasteiger partial charge in [0.2, 0.25) is 0 Å². The highest BCUT2D eigenvalue weighted by atomic mass is 16.8. The SMILES string of the molecule is C[C@@H]1CC2O[C@@]3(O[C@@H]2C(C)(C)O)[C@H](O)[C@@]2(C)[C@@H]4CC[C@H]5C(C)(C)C(=O)C=C[C@@]56C[C@@]46CC(=O)[C@]2(C)[C@@H]13. The Kier molecular flexibility index (Phi) is 4.14. The quantitative estimate of drug-likeness (QED) is 0.571. The van der Waals surface area contributed by atoms with Gasteiger partial charge in [0.15, 0.2) is 11.6 Å². The van der Waals surface area contributed by atoms with Gasteiger partial charge >= 0.3 is 0 Å². The summed E-state index contributed by atoms with van der Waals surface area (Å²) in [6.45, 7) is 14.0. The second-order valence-electron chi connectivity index (χ2n) is 15.2. The van der Waals surface area contributed by atoms with E-state index < -0.39 is 39.8 Å². The maximum Gasteiger partial charge on any atom is 0.200 e. The fraction of sp³-hybridized carbons (Fsp3) is 0.867. The number of carbonyl (C=O) groups is 2. The summed E-state index contributed by atoms with van der Waals surface area (Å²) in [7, 11) is 0. The van der Waals surface area contributed by atoms with E-state index in [1.165, 1.54) is 0 Å². The summed E-state index contributed by atoms with van der Waals surface area (Å²) in [5.74, 6) is -0.683. The van der Waals surface area contributed by atoms with Crippen molar-refractivity contribution in [1.29, 1.82) is 0 Å². The van der Waals surface area contributed by atoms with Crippen LogP contribution in [0, 0.1) is 50.7 Å². The molecule has 2 heterocycles. The van der Waals surface area contributed by atoms with Crippen LogP contribution in [-0.4, -0.2) is 51.5 Å². The molecule has 0 aromatic rings. The molecule has 6 nitrogen and oxygen atoms in total. The first kappa shape index (κ1) is 24.0. The third-order valence-electron chi connectivity index (χ3n) is 13.2. The van der Waals surface area contributed by atoms with Crippen LogP contribution in [0.2, 0.25) is 0 Å². The average Bonchev–Trinajstić information content (AvgIpc) is 3.27. The lowest BCUT2D eigenvalue weighted by atomic mass is 9.41. The van der Waals surface area contributed by atoms with Crippen molar-refractivity contribution in [3.63, 3.8) is 0 Å². The van der Waals surface area contributed by atoms with Crippen LogP contribution in [0.15, 0.2) is 12.2 Å². The minimum atomic E-state index is -1.28. The number of allylic oxidation sites excluding steroid dienone is 2. The fourth-order valence-electron chi connectivity index (χ4n) is 11.7. The summed E-state index contributed by atoms with van der Waals surface area (Å²) >= 11 is 0. The van der Waals surface area contributed by atoms with Gasteiger partial charge in [0, 0.05) is 28.6 Å². The molecule has 3 spiro atoms. The number of rotatable bonds is 1. The summed E-state index contributed by atoms with van der Waals surface area (Å²) in [6.07, 6.45) is 6.03. The van der Waals surface area contributed by atoms with E-state index in [1.807, 2.05) is 0 Å². The first-order chi connectivity index (χ1) is 16.5. The number of fused-ring (bicyclic) bond motifs is 4. The van der Waals surface area contributed by atoms with E-state index >= 15 is 0 Å². The molecule has 2 aliphatic heterocycles. The van der Waals surface area contributed by atoms with Gasteiger partial charge in [0.05, 0.1) is 11.7 Å². The average molecular weight is 499 g/mol. The third-order valence-corrected chi connectivity index (χ3v) is 13.2. The summed E-state index contributed by atoms with van der Waals surface area (Å²) in [5.41, 5.74) is -3.45. The van der Waals surface area contributed by atoms with Crippen molar-refractivity contribution in [3.8, 4) is 0 Å². The highest BCUT2D eigenvalue weighted by molar-refractivity contribution is 5.96. The van der Waals surface area contributed by atoms with E-state index in [0.29, 0.717) is 12.8 Å². The Bertz CT molecular complexity index is 1120. The van der Waals surface area contributed by atoms with E-state index in [9.17, 15) is 19.8 Å². The second kappa shape index (κ2) is 6.21. The fourth-order valence-corrected chi connectivity index (χ4v) is 11.7. The maximum absolute atomic E-state index is 14.5. The van der Waals surface area contributed by atoms with E-state index in [0.717, 1.165) is 19.3 Å². The largest absolute Gasteiger partial charge is 0.388 e. The zero-order valence-corrected chi connectivity index (χ0v) is 22.8. The van der Waals surface area contributed by atoms with Gasteiger partial charge in [-0.25, -0.2) is 0 Å². The molecule has 6 heteroatoms. The molecule has 2 saturated heterocycles. The molecular formula is C30H42O6. The minimum absolute atomic E-state index is 0.117. The van der Waals surface area contributed by atoms with Crippen molar-refractivity contribution in [2.45, 2.75) is 110 Å². The Balaban J connectivity index is 1.38. The third kappa shape index (κ3) is 2.15.